The van der Waals surface area contributed by atoms with Gasteiger partial charge in [0.1, 0.15) is 17.3 Å². The Morgan fingerprint density at radius 3 is 2.50 bits per heavy atom. The number of hydrogen-bond acceptors (Lipinski definition) is 4. The molecule has 0 aromatic heterocycles. The second-order valence-electron chi connectivity index (χ2n) is 3.07. The standard InChI is InChI=1S/C10H8ClNO3S/c1-2-8-3-7(6-13)4-10(9(8)5-12)16(11,14)15/h3-4,6H,2H2,1H3. The van der Waals surface area contributed by atoms with E-state index >= 15 is 0 Å². The van der Waals surface area contributed by atoms with Crippen LogP contribution in [0, 0.1) is 11.3 Å². The van der Waals surface area contributed by atoms with E-state index in [4.69, 9.17) is 15.9 Å². The average molecular weight is 258 g/mol. The van der Waals surface area contributed by atoms with Gasteiger partial charge in [-0.1, -0.05) is 6.92 Å². The summed E-state index contributed by atoms with van der Waals surface area (Å²) in [5.41, 5.74) is 0.685. The molecule has 84 valence electrons. The van der Waals surface area contributed by atoms with Crippen molar-refractivity contribution in [3.05, 3.63) is 28.8 Å². The average Bonchev–Trinajstić information content (AvgIpc) is 2.25. The van der Waals surface area contributed by atoms with Gasteiger partial charge in [0.25, 0.3) is 9.05 Å². The number of aryl methyl sites for hydroxylation is 1. The third-order valence-electron chi connectivity index (χ3n) is 2.10. The lowest BCUT2D eigenvalue weighted by molar-refractivity contribution is 0.112. The third kappa shape index (κ3) is 2.40. The predicted octanol–water partition coefficient (Wildman–Crippen LogP) is 1.86. The number of carbonyl (C=O) groups is 1. The first-order valence-electron chi connectivity index (χ1n) is 4.41. The smallest absolute Gasteiger partial charge is 0.262 e. The lowest BCUT2D eigenvalue weighted by atomic mass is 10.0. The van der Waals surface area contributed by atoms with E-state index in [0.29, 0.717) is 18.3 Å². The van der Waals surface area contributed by atoms with E-state index in [1.807, 2.05) is 0 Å². The fourth-order valence-electron chi connectivity index (χ4n) is 1.36. The normalized spacial score (nSPS) is 10.8. The molecular formula is C10H8ClNO3S. The van der Waals surface area contributed by atoms with Crippen molar-refractivity contribution in [2.45, 2.75) is 18.2 Å². The van der Waals surface area contributed by atoms with Crippen LogP contribution < -0.4 is 0 Å². The largest absolute Gasteiger partial charge is 0.298 e. The molecule has 0 aliphatic rings. The predicted molar refractivity (Wildman–Crippen MR) is 59.0 cm³/mol. The summed E-state index contributed by atoms with van der Waals surface area (Å²) in [6.07, 6.45) is 0.968. The zero-order chi connectivity index (χ0) is 12.3. The number of nitriles is 1. The first kappa shape index (κ1) is 12.7. The van der Waals surface area contributed by atoms with Gasteiger partial charge in [0.2, 0.25) is 0 Å². The van der Waals surface area contributed by atoms with Crippen molar-refractivity contribution in [3.8, 4) is 6.07 Å². The van der Waals surface area contributed by atoms with Crippen LogP contribution in [-0.2, 0) is 15.5 Å². The van der Waals surface area contributed by atoms with E-state index in [1.165, 1.54) is 6.07 Å². The Bertz CT molecular complexity index is 572. The van der Waals surface area contributed by atoms with Crippen LogP contribution in [0.25, 0.3) is 0 Å². The second-order valence-corrected chi connectivity index (χ2v) is 5.61. The quantitative estimate of drug-likeness (QED) is 0.612. The molecular weight excluding hydrogens is 250 g/mol. The highest BCUT2D eigenvalue weighted by molar-refractivity contribution is 8.13. The zero-order valence-corrected chi connectivity index (χ0v) is 9.97. The monoisotopic (exact) mass is 257 g/mol. The fourth-order valence-corrected chi connectivity index (χ4v) is 2.43. The number of halogens is 1. The van der Waals surface area contributed by atoms with E-state index < -0.39 is 9.05 Å². The number of rotatable bonds is 3. The molecule has 0 aliphatic carbocycles. The van der Waals surface area contributed by atoms with E-state index in [2.05, 4.69) is 0 Å². The Morgan fingerprint density at radius 2 is 2.12 bits per heavy atom. The molecule has 0 bridgehead atoms. The Labute approximate surface area is 97.9 Å². The van der Waals surface area contributed by atoms with Crippen LogP contribution in [0.4, 0.5) is 0 Å². The summed E-state index contributed by atoms with van der Waals surface area (Å²) in [7, 11) is 1.19. The van der Waals surface area contributed by atoms with Gasteiger partial charge in [-0.3, -0.25) is 4.79 Å². The summed E-state index contributed by atoms with van der Waals surface area (Å²) in [5.74, 6) is 0. The summed E-state index contributed by atoms with van der Waals surface area (Å²) < 4.78 is 22.5. The molecule has 1 aromatic carbocycles. The Hall–Kier alpha value is -1.38. The molecule has 0 amide bonds. The van der Waals surface area contributed by atoms with Crippen molar-refractivity contribution < 1.29 is 13.2 Å². The van der Waals surface area contributed by atoms with E-state index in [-0.39, 0.29) is 16.0 Å². The molecule has 0 radical (unpaired) electrons. The molecule has 6 heteroatoms. The van der Waals surface area contributed by atoms with Crippen molar-refractivity contribution in [3.63, 3.8) is 0 Å². The summed E-state index contributed by atoms with van der Waals surface area (Å²) in [6, 6.07) is 4.38. The number of nitrogens with zero attached hydrogens (tertiary/aromatic N) is 1. The van der Waals surface area contributed by atoms with Gasteiger partial charge in [0.15, 0.2) is 0 Å². The maximum absolute atomic E-state index is 11.2. The molecule has 0 spiro atoms. The van der Waals surface area contributed by atoms with E-state index in [9.17, 15) is 13.2 Å². The van der Waals surface area contributed by atoms with Crippen molar-refractivity contribution in [1.82, 2.24) is 0 Å². The van der Waals surface area contributed by atoms with Gasteiger partial charge in [0.05, 0.1) is 5.56 Å². The number of hydrogen-bond donors (Lipinski definition) is 0. The molecule has 0 saturated carbocycles. The van der Waals surface area contributed by atoms with Crippen LogP contribution >= 0.6 is 10.7 Å². The number of carbonyl (C=O) groups excluding carboxylic acids is 1. The molecule has 0 fully saturated rings. The first-order valence-corrected chi connectivity index (χ1v) is 6.71. The lowest BCUT2D eigenvalue weighted by Gasteiger charge is -2.06. The summed E-state index contributed by atoms with van der Waals surface area (Å²) in [5, 5.41) is 8.90. The van der Waals surface area contributed by atoms with Crippen LogP contribution in [0.15, 0.2) is 17.0 Å². The highest BCUT2D eigenvalue weighted by Crippen LogP contribution is 2.24. The van der Waals surface area contributed by atoms with Crippen molar-refractivity contribution in [2.24, 2.45) is 0 Å². The SMILES string of the molecule is CCc1cc(C=O)cc(S(=O)(=O)Cl)c1C#N. The van der Waals surface area contributed by atoms with Gasteiger partial charge in [-0.05, 0) is 24.1 Å². The summed E-state index contributed by atoms with van der Waals surface area (Å²) in [6.45, 7) is 1.76. The molecule has 0 unspecified atom stereocenters. The van der Waals surface area contributed by atoms with Crippen molar-refractivity contribution in [1.29, 1.82) is 5.26 Å². The maximum Gasteiger partial charge on any atom is 0.262 e. The van der Waals surface area contributed by atoms with Crippen LogP contribution in [-0.4, -0.2) is 14.7 Å². The topological polar surface area (TPSA) is 75.0 Å². The molecule has 1 rings (SSSR count). The fraction of sp³-hybridized carbons (Fsp3) is 0.200. The molecule has 4 nitrogen and oxygen atoms in total. The molecule has 0 N–H and O–H groups in total. The highest BCUT2D eigenvalue weighted by atomic mass is 35.7. The molecule has 16 heavy (non-hydrogen) atoms. The van der Waals surface area contributed by atoms with Gasteiger partial charge in [0, 0.05) is 16.2 Å². The summed E-state index contributed by atoms with van der Waals surface area (Å²) >= 11 is 0. The second kappa shape index (κ2) is 4.64. The van der Waals surface area contributed by atoms with Gasteiger partial charge in [-0.15, -0.1) is 0 Å². The first-order chi connectivity index (χ1) is 7.43. The van der Waals surface area contributed by atoms with Gasteiger partial charge in [-0.25, -0.2) is 8.42 Å². The zero-order valence-electron chi connectivity index (χ0n) is 8.40. The van der Waals surface area contributed by atoms with Gasteiger partial charge < -0.3 is 0 Å². The maximum atomic E-state index is 11.2. The van der Waals surface area contributed by atoms with Crippen molar-refractivity contribution in [2.75, 3.05) is 0 Å². The van der Waals surface area contributed by atoms with Gasteiger partial charge in [-0.2, -0.15) is 5.26 Å². The van der Waals surface area contributed by atoms with Crippen LogP contribution in [0.5, 0.6) is 0 Å². The van der Waals surface area contributed by atoms with E-state index in [1.54, 1.807) is 13.0 Å². The van der Waals surface area contributed by atoms with Crippen molar-refractivity contribution >= 4 is 26.0 Å². The van der Waals surface area contributed by atoms with Crippen LogP contribution in [0.3, 0.4) is 0 Å². The minimum atomic E-state index is -4.02. The van der Waals surface area contributed by atoms with Crippen LogP contribution in [0.1, 0.15) is 28.4 Å². The number of aldehydes is 1. The molecule has 1 aromatic rings. The molecule has 0 saturated heterocycles. The minimum absolute atomic E-state index is 0.00287. The highest BCUT2D eigenvalue weighted by Gasteiger charge is 2.19. The molecule has 0 atom stereocenters. The summed E-state index contributed by atoms with van der Waals surface area (Å²) in [4.78, 5) is 10.3. The molecule has 0 heterocycles. The van der Waals surface area contributed by atoms with E-state index in [0.717, 1.165) is 6.07 Å². The Kier molecular flexibility index (Phi) is 3.68. The van der Waals surface area contributed by atoms with Crippen LogP contribution in [0.2, 0.25) is 0 Å². The van der Waals surface area contributed by atoms with Gasteiger partial charge >= 0.3 is 0 Å². The third-order valence-corrected chi connectivity index (χ3v) is 3.44. The Morgan fingerprint density at radius 1 is 1.50 bits per heavy atom. The number of benzene rings is 1. The Balaban J connectivity index is 3.71. The lowest BCUT2D eigenvalue weighted by Crippen LogP contribution is -2.01. The molecule has 0 aliphatic heterocycles. The minimum Gasteiger partial charge on any atom is -0.298 e.